The van der Waals surface area contributed by atoms with Crippen molar-refractivity contribution in [2.75, 3.05) is 5.75 Å². The van der Waals surface area contributed by atoms with Gasteiger partial charge in [-0.2, -0.15) is 0 Å². The Morgan fingerprint density at radius 1 is 1.75 bits per heavy atom. The predicted molar refractivity (Wildman–Crippen MR) is 37.6 cm³/mol. The van der Waals surface area contributed by atoms with Crippen LogP contribution >= 0.6 is 11.8 Å². The Labute approximate surface area is 54.2 Å². The van der Waals surface area contributed by atoms with Crippen LogP contribution in [0.25, 0.3) is 0 Å². The Kier molecular flexibility index (Phi) is 4.76. The maximum atomic E-state index is 10.4. The van der Waals surface area contributed by atoms with Gasteiger partial charge < -0.3 is 0 Å². The first-order chi connectivity index (χ1) is 3.81. The third-order valence-electron chi connectivity index (χ3n) is 0.555. The van der Waals surface area contributed by atoms with E-state index in [-0.39, 0.29) is 5.12 Å². The Morgan fingerprint density at radius 2 is 2.38 bits per heavy atom. The van der Waals surface area contributed by atoms with Crippen LogP contribution in [0.4, 0.5) is 0 Å². The van der Waals surface area contributed by atoms with Crippen LogP contribution in [0.2, 0.25) is 0 Å². The summed E-state index contributed by atoms with van der Waals surface area (Å²) in [5, 5.41) is 0.0358. The molecule has 0 aliphatic heterocycles. The van der Waals surface area contributed by atoms with Crippen molar-refractivity contribution >= 4 is 16.9 Å². The number of thioether (sulfide) groups is 1. The fourth-order valence-electron chi connectivity index (χ4n) is 0.232. The minimum absolute atomic E-state index is 0.0358. The lowest BCUT2D eigenvalue weighted by atomic mass is 10.6. The highest BCUT2D eigenvalue weighted by Gasteiger charge is 1.91. The van der Waals surface area contributed by atoms with Crippen LogP contribution in [0.1, 0.15) is 6.42 Å². The van der Waals surface area contributed by atoms with E-state index in [2.05, 4.69) is 13.5 Å². The van der Waals surface area contributed by atoms with Gasteiger partial charge in [0.2, 0.25) is 5.12 Å². The van der Waals surface area contributed by atoms with Crippen LogP contribution in [-0.2, 0) is 4.79 Å². The molecule has 0 aromatic carbocycles. The lowest BCUT2D eigenvalue weighted by molar-refractivity contribution is -0.107. The summed E-state index contributed by atoms with van der Waals surface area (Å²) in [6, 6.07) is 0. The van der Waals surface area contributed by atoms with E-state index in [1.165, 1.54) is 17.8 Å². The highest BCUT2D eigenvalue weighted by molar-refractivity contribution is 8.14. The van der Waals surface area contributed by atoms with Gasteiger partial charge in [0.05, 0.1) is 0 Å². The van der Waals surface area contributed by atoms with Gasteiger partial charge in [0, 0.05) is 5.75 Å². The Bertz CT molecular complexity index is 88.5. The maximum absolute atomic E-state index is 10.4. The van der Waals surface area contributed by atoms with E-state index in [9.17, 15) is 4.79 Å². The summed E-state index contributed by atoms with van der Waals surface area (Å²) in [4.78, 5) is 10.4. The van der Waals surface area contributed by atoms with Gasteiger partial charge in [-0.3, -0.25) is 4.79 Å². The molecule has 0 rings (SSSR count). The summed E-state index contributed by atoms with van der Waals surface area (Å²) in [5.74, 6) is 0.796. The van der Waals surface area contributed by atoms with E-state index < -0.39 is 0 Å². The number of carbonyl (C=O) groups excluding carboxylic acids is 1. The molecule has 0 bridgehead atoms. The van der Waals surface area contributed by atoms with E-state index >= 15 is 0 Å². The minimum atomic E-state index is 0.0358. The average Bonchev–Trinajstić information content (AvgIpc) is 1.83. The second-order valence-corrected chi connectivity index (χ2v) is 2.32. The third-order valence-corrected chi connectivity index (χ3v) is 1.50. The van der Waals surface area contributed by atoms with Crippen LogP contribution in [0.15, 0.2) is 12.7 Å². The van der Waals surface area contributed by atoms with E-state index in [0.29, 0.717) is 0 Å². The largest absolute Gasteiger partial charge is 0.282 e. The third kappa shape index (κ3) is 3.93. The molecule has 0 saturated heterocycles. The quantitative estimate of drug-likeness (QED) is 0.539. The number of hydrogen-bond acceptors (Lipinski definition) is 2. The molecule has 45 valence electrons. The van der Waals surface area contributed by atoms with Gasteiger partial charge >= 0.3 is 0 Å². The van der Waals surface area contributed by atoms with Crippen molar-refractivity contribution in [3.63, 3.8) is 0 Å². The average molecular weight is 129 g/mol. The number of rotatable bonds is 3. The van der Waals surface area contributed by atoms with Crippen LogP contribution in [0.5, 0.6) is 0 Å². The lowest BCUT2D eigenvalue weighted by Crippen LogP contribution is -1.84. The summed E-state index contributed by atoms with van der Waals surface area (Å²) < 4.78 is 0. The van der Waals surface area contributed by atoms with Crippen LogP contribution in [0.3, 0.4) is 0 Å². The minimum Gasteiger partial charge on any atom is -0.282 e. The predicted octanol–water partition coefficient (Wildman–Crippen LogP) is 1.66. The molecule has 0 saturated carbocycles. The van der Waals surface area contributed by atoms with Gasteiger partial charge in [0.25, 0.3) is 0 Å². The smallest absolute Gasteiger partial charge is 0.211 e. The van der Waals surface area contributed by atoms with Crippen molar-refractivity contribution < 1.29 is 4.79 Å². The zero-order chi connectivity index (χ0) is 6.41. The second kappa shape index (κ2) is 4.91. The summed E-state index contributed by atoms with van der Waals surface area (Å²) in [6.07, 6.45) is 2.12. The van der Waals surface area contributed by atoms with Crippen molar-refractivity contribution in [3.8, 4) is 0 Å². The van der Waals surface area contributed by atoms with Gasteiger partial charge in [-0.1, -0.05) is 25.3 Å². The van der Waals surface area contributed by atoms with Crippen LogP contribution in [-0.4, -0.2) is 10.9 Å². The molecular weight excluding hydrogens is 120 g/mol. The van der Waals surface area contributed by atoms with Crippen LogP contribution < -0.4 is 0 Å². The number of hydrogen-bond donors (Lipinski definition) is 0. The topological polar surface area (TPSA) is 17.1 Å². The normalized spacial score (nSPS) is 8.62. The first-order valence-electron chi connectivity index (χ1n) is 2.39. The van der Waals surface area contributed by atoms with Gasteiger partial charge in [-0.05, 0) is 12.5 Å². The standard InChI is InChI=1S/C6H9OS/c1-3-5-8-6(7)4-2/h4H,1-3,5H2. The van der Waals surface area contributed by atoms with Crippen LogP contribution in [0, 0.1) is 6.92 Å². The molecule has 0 aromatic rings. The first kappa shape index (κ1) is 7.76. The molecule has 0 aliphatic rings. The van der Waals surface area contributed by atoms with Gasteiger partial charge in [0.15, 0.2) is 0 Å². The zero-order valence-electron chi connectivity index (χ0n) is 4.72. The van der Waals surface area contributed by atoms with E-state index in [1.54, 1.807) is 0 Å². The first-order valence-corrected chi connectivity index (χ1v) is 3.38. The Balaban J connectivity index is 3.11. The molecule has 1 nitrogen and oxygen atoms in total. The van der Waals surface area contributed by atoms with E-state index in [1.807, 2.05) is 0 Å². The monoisotopic (exact) mass is 129 g/mol. The summed E-state index contributed by atoms with van der Waals surface area (Å²) in [7, 11) is 0. The summed E-state index contributed by atoms with van der Waals surface area (Å²) in [5.41, 5.74) is 0. The zero-order valence-corrected chi connectivity index (χ0v) is 5.54. The highest BCUT2D eigenvalue weighted by Crippen LogP contribution is 2.02. The summed E-state index contributed by atoms with van der Waals surface area (Å²) in [6.45, 7) is 6.91. The van der Waals surface area contributed by atoms with Crippen molar-refractivity contribution in [2.45, 2.75) is 6.42 Å². The molecular formula is C6H9OS. The van der Waals surface area contributed by atoms with E-state index in [4.69, 9.17) is 0 Å². The molecule has 0 fully saturated rings. The lowest BCUT2D eigenvalue weighted by Gasteiger charge is -1.87. The Hall–Kier alpha value is -0.240. The van der Waals surface area contributed by atoms with E-state index in [0.717, 1.165) is 12.2 Å². The Morgan fingerprint density at radius 3 is 2.75 bits per heavy atom. The summed E-state index contributed by atoms with van der Waals surface area (Å²) >= 11 is 1.26. The van der Waals surface area contributed by atoms with Crippen molar-refractivity contribution in [2.24, 2.45) is 0 Å². The van der Waals surface area contributed by atoms with Gasteiger partial charge in [0.1, 0.15) is 0 Å². The second-order valence-electron chi connectivity index (χ2n) is 1.23. The molecule has 0 unspecified atom stereocenters. The van der Waals surface area contributed by atoms with Gasteiger partial charge in [-0.15, -0.1) is 0 Å². The molecule has 0 aromatic heterocycles. The number of carbonyl (C=O) groups is 1. The molecule has 0 aliphatic carbocycles. The molecule has 0 atom stereocenters. The molecule has 1 radical (unpaired) electrons. The van der Waals surface area contributed by atoms with Crippen molar-refractivity contribution in [1.29, 1.82) is 0 Å². The molecule has 0 spiro atoms. The molecule has 2 heteroatoms. The van der Waals surface area contributed by atoms with Crippen molar-refractivity contribution in [3.05, 3.63) is 19.6 Å². The SMILES string of the molecule is [CH2]CCSC(=O)C=C. The fourth-order valence-corrected chi connectivity index (χ4v) is 0.695. The maximum Gasteiger partial charge on any atom is 0.211 e. The molecule has 8 heavy (non-hydrogen) atoms. The fraction of sp³-hybridized carbons (Fsp3) is 0.333. The van der Waals surface area contributed by atoms with Crippen molar-refractivity contribution in [1.82, 2.24) is 0 Å². The molecule has 0 amide bonds. The van der Waals surface area contributed by atoms with Gasteiger partial charge in [-0.25, -0.2) is 0 Å². The molecule has 0 heterocycles. The molecule has 0 N–H and O–H groups in total. The highest BCUT2D eigenvalue weighted by atomic mass is 32.2.